The minimum Gasteiger partial charge on any atom is -0.458 e. The van der Waals surface area contributed by atoms with Crippen LogP contribution >= 0.6 is 0 Å². The maximum atomic E-state index is 13.4. The van der Waals surface area contributed by atoms with Gasteiger partial charge in [-0.2, -0.15) is 0 Å². The van der Waals surface area contributed by atoms with E-state index in [9.17, 15) is 4.79 Å². The molecule has 4 heteroatoms. The van der Waals surface area contributed by atoms with Crippen molar-refractivity contribution in [1.82, 2.24) is 0 Å². The topological polar surface area (TPSA) is 44.8 Å². The lowest BCUT2D eigenvalue weighted by Crippen LogP contribution is -2.70. The van der Waals surface area contributed by atoms with Crippen LogP contribution in [0.1, 0.15) is 144 Å². The highest BCUT2D eigenvalue weighted by atomic mass is 16.6. The lowest BCUT2D eigenvalue weighted by Gasteiger charge is -2.67. The van der Waals surface area contributed by atoms with Gasteiger partial charge in [0, 0.05) is 19.3 Å². The standard InChI is InChI=1S/C30H50O4/c1-6-25(4,5)24(31)32-28-17-23-18-29(20-28,33-26(7-2)13-9-10-14-26)22-30(19-23,21-28)34-27(8-3)15-11-12-16-27/h23H,6-22H2,1-5H3. The first-order valence-electron chi connectivity index (χ1n) is 14.7. The number of carbonyl (C=O) groups is 1. The van der Waals surface area contributed by atoms with Crippen molar-refractivity contribution in [2.45, 2.75) is 172 Å². The van der Waals surface area contributed by atoms with E-state index >= 15 is 0 Å². The van der Waals surface area contributed by atoms with E-state index in [1.54, 1.807) is 0 Å². The molecule has 6 aliphatic carbocycles. The van der Waals surface area contributed by atoms with Gasteiger partial charge in [0.1, 0.15) is 5.60 Å². The van der Waals surface area contributed by atoms with Crippen molar-refractivity contribution in [3.05, 3.63) is 0 Å². The Morgan fingerprint density at radius 1 is 0.735 bits per heavy atom. The summed E-state index contributed by atoms with van der Waals surface area (Å²) in [4.78, 5) is 13.4. The Balaban J connectivity index is 1.49. The van der Waals surface area contributed by atoms with Gasteiger partial charge in [-0.3, -0.25) is 4.79 Å². The van der Waals surface area contributed by atoms with Crippen LogP contribution in [0.4, 0.5) is 0 Å². The fraction of sp³-hybridized carbons (Fsp3) is 0.967. The monoisotopic (exact) mass is 474 g/mol. The summed E-state index contributed by atoms with van der Waals surface area (Å²) in [6.07, 6.45) is 18.8. The van der Waals surface area contributed by atoms with Gasteiger partial charge in [0.25, 0.3) is 0 Å². The fourth-order valence-corrected chi connectivity index (χ4v) is 9.01. The van der Waals surface area contributed by atoms with E-state index in [4.69, 9.17) is 14.2 Å². The summed E-state index contributed by atoms with van der Waals surface area (Å²) in [5.41, 5.74) is -1.26. The molecule has 0 heterocycles. The van der Waals surface area contributed by atoms with E-state index in [1.165, 1.54) is 51.4 Å². The summed E-state index contributed by atoms with van der Waals surface area (Å²) in [5, 5.41) is 0. The van der Waals surface area contributed by atoms with Crippen LogP contribution in [-0.2, 0) is 19.0 Å². The van der Waals surface area contributed by atoms with Crippen LogP contribution in [0.5, 0.6) is 0 Å². The van der Waals surface area contributed by atoms with Crippen molar-refractivity contribution in [1.29, 1.82) is 0 Å². The molecule has 0 amide bonds. The summed E-state index contributed by atoms with van der Waals surface area (Å²) in [7, 11) is 0. The summed E-state index contributed by atoms with van der Waals surface area (Å²) >= 11 is 0. The van der Waals surface area contributed by atoms with Crippen LogP contribution in [0, 0.1) is 11.3 Å². The molecule has 0 aliphatic heterocycles. The van der Waals surface area contributed by atoms with Gasteiger partial charge < -0.3 is 14.2 Å². The average Bonchev–Trinajstić information content (AvgIpc) is 3.42. The maximum Gasteiger partial charge on any atom is 0.312 e. The summed E-state index contributed by atoms with van der Waals surface area (Å²) in [5.74, 6) is 0.499. The normalized spacial score (nSPS) is 40.1. The van der Waals surface area contributed by atoms with Crippen LogP contribution < -0.4 is 0 Å². The quantitative estimate of drug-likeness (QED) is 0.322. The molecule has 6 saturated carbocycles. The summed E-state index contributed by atoms with van der Waals surface area (Å²) in [6.45, 7) is 10.8. The molecule has 6 aliphatic rings. The van der Waals surface area contributed by atoms with E-state index in [0.717, 1.165) is 57.8 Å². The highest BCUT2D eigenvalue weighted by Gasteiger charge is 2.68. The van der Waals surface area contributed by atoms with Crippen molar-refractivity contribution < 1.29 is 19.0 Å². The highest BCUT2D eigenvalue weighted by molar-refractivity contribution is 5.76. The van der Waals surface area contributed by atoms with Crippen molar-refractivity contribution in [2.24, 2.45) is 11.3 Å². The molecule has 2 unspecified atom stereocenters. The van der Waals surface area contributed by atoms with Gasteiger partial charge in [0.15, 0.2) is 0 Å². The molecule has 6 rings (SSSR count). The largest absolute Gasteiger partial charge is 0.458 e. The zero-order chi connectivity index (χ0) is 24.3. The van der Waals surface area contributed by atoms with Gasteiger partial charge in [-0.25, -0.2) is 0 Å². The minimum absolute atomic E-state index is 0.0105. The second-order valence-electron chi connectivity index (χ2n) is 13.9. The molecule has 0 spiro atoms. The molecule has 0 aromatic heterocycles. The number of hydrogen-bond donors (Lipinski definition) is 0. The Labute approximate surface area is 208 Å². The summed E-state index contributed by atoms with van der Waals surface area (Å²) in [6, 6.07) is 0. The Hall–Kier alpha value is -0.610. The number of ether oxygens (including phenoxy) is 3. The molecule has 0 aromatic carbocycles. The van der Waals surface area contributed by atoms with E-state index in [-0.39, 0.29) is 28.4 Å². The fourth-order valence-electron chi connectivity index (χ4n) is 9.01. The van der Waals surface area contributed by atoms with Crippen LogP contribution in [0.2, 0.25) is 0 Å². The molecular formula is C30H50O4. The molecule has 0 N–H and O–H groups in total. The molecule has 34 heavy (non-hydrogen) atoms. The molecule has 4 bridgehead atoms. The van der Waals surface area contributed by atoms with E-state index in [2.05, 4.69) is 20.8 Å². The SMILES string of the molecule is CCC1(OC23CC4CC(OC(=O)C(C)(C)CC)(C2)CC(OC2(CC)CCCC2)(C4)C3)CCCC1. The number of esters is 1. The number of hydrogen-bond acceptors (Lipinski definition) is 4. The predicted molar refractivity (Wildman–Crippen MR) is 135 cm³/mol. The van der Waals surface area contributed by atoms with Crippen LogP contribution in [0.25, 0.3) is 0 Å². The zero-order valence-corrected chi connectivity index (χ0v) is 22.7. The molecule has 0 radical (unpaired) electrons. The third-order valence-electron chi connectivity index (χ3n) is 10.8. The molecule has 6 fully saturated rings. The zero-order valence-electron chi connectivity index (χ0n) is 22.7. The first kappa shape index (κ1) is 25.1. The Morgan fingerprint density at radius 2 is 1.15 bits per heavy atom. The average molecular weight is 475 g/mol. The second-order valence-corrected chi connectivity index (χ2v) is 13.9. The van der Waals surface area contributed by atoms with Gasteiger partial charge in [-0.05, 0) is 84.0 Å². The van der Waals surface area contributed by atoms with E-state index in [1.807, 2.05) is 13.8 Å². The molecule has 0 saturated heterocycles. The number of carbonyl (C=O) groups excluding carboxylic acids is 1. The van der Waals surface area contributed by atoms with Crippen LogP contribution in [-0.4, -0.2) is 34.0 Å². The van der Waals surface area contributed by atoms with Gasteiger partial charge in [-0.15, -0.1) is 0 Å². The smallest absolute Gasteiger partial charge is 0.312 e. The highest BCUT2D eigenvalue weighted by Crippen LogP contribution is 2.65. The van der Waals surface area contributed by atoms with E-state index < -0.39 is 11.0 Å². The van der Waals surface area contributed by atoms with Crippen molar-refractivity contribution in [3.63, 3.8) is 0 Å². The van der Waals surface area contributed by atoms with Crippen LogP contribution in [0.15, 0.2) is 0 Å². The van der Waals surface area contributed by atoms with Gasteiger partial charge in [0.05, 0.1) is 27.8 Å². The van der Waals surface area contributed by atoms with Gasteiger partial charge in [-0.1, -0.05) is 46.5 Å². The first-order chi connectivity index (χ1) is 16.0. The van der Waals surface area contributed by atoms with Crippen molar-refractivity contribution in [3.8, 4) is 0 Å². The first-order valence-corrected chi connectivity index (χ1v) is 14.7. The van der Waals surface area contributed by atoms with Crippen molar-refractivity contribution >= 4 is 5.97 Å². The van der Waals surface area contributed by atoms with E-state index in [0.29, 0.717) is 5.92 Å². The third-order valence-corrected chi connectivity index (χ3v) is 10.8. The molecule has 2 atom stereocenters. The minimum atomic E-state index is -0.447. The Bertz CT molecular complexity index is 731. The Kier molecular flexibility index (Phi) is 6.24. The second kappa shape index (κ2) is 8.47. The lowest BCUT2D eigenvalue weighted by atomic mass is 9.50. The van der Waals surface area contributed by atoms with Gasteiger partial charge in [0.2, 0.25) is 0 Å². The predicted octanol–water partition coefficient (Wildman–Crippen LogP) is 7.66. The lowest BCUT2D eigenvalue weighted by molar-refractivity contribution is -0.324. The third kappa shape index (κ3) is 4.27. The molecule has 0 aromatic rings. The van der Waals surface area contributed by atoms with Gasteiger partial charge >= 0.3 is 5.97 Å². The molecular weight excluding hydrogens is 424 g/mol. The van der Waals surface area contributed by atoms with Crippen molar-refractivity contribution in [2.75, 3.05) is 0 Å². The maximum absolute atomic E-state index is 13.4. The Morgan fingerprint density at radius 3 is 1.56 bits per heavy atom. The molecule has 194 valence electrons. The number of rotatable bonds is 9. The molecule has 4 nitrogen and oxygen atoms in total. The summed E-state index contributed by atoms with van der Waals surface area (Å²) < 4.78 is 21.3. The van der Waals surface area contributed by atoms with Crippen LogP contribution in [0.3, 0.4) is 0 Å².